The third-order valence-electron chi connectivity index (χ3n) is 3.77. The van der Waals surface area contributed by atoms with E-state index in [-0.39, 0.29) is 0 Å². The molecule has 142 valence electrons. The summed E-state index contributed by atoms with van der Waals surface area (Å²) >= 11 is 6.13. The number of halogens is 1. The first-order valence-corrected chi connectivity index (χ1v) is 8.92. The molecule has 6 nitrogen and oxygen atoms in total. The first kappa shape index (κ1) is 20.5. The highest BCUT2D eigenvalue weighted by molar-refractivity contribution is 6.39. The minimum atomic E-state index is -0.863. The van der Waals surface area contributed by atoms with Crippen molar-refractivity contribution in [2.45, 2.75) is 27.2 Å². The van der Waals surface area contributed by atoms with Gasteiger partial charge in [0.25, 0.3) is 0 Å². The van der Waals surface area contributed by atoms with Crippen molar-refractivity contribution in [2.24, 2.45) is 5.10 Å². The monoisotopic (exact) mass is 387 g/mol. The van der Waals surface area contributed by atoms with E-state index in [1.165, 1.54) is 6.21 Å². The average Bonchev–Trinajstić information content (AvgIpc) is 2.64. The van der Waals surface area contributed by atoms with Crippen LogP contribution < -0.4 is 15.5 Å². The van der Waals surface area contributed by atoms with Gasteiger partial charge >= 0.3 is 11.8 Å². The van der Waals surface area contributed by atoms with E-state index < -0.39 is 11.8 Å². The molecule has 0 saturated carbocycles. The smallest absolute Gasteiger partial charge is 0.329 e. The molecule has 7 heteroatoms. The Morgan fingerprint density at radius 3 is 2.56 bits per heavy atom. The number of hydrazone groups is 1. The molecule has 2 N–H and O–H groups in total. The van der Waals surface area contributed by atoms with Crippen LogP contribution in [0.5, 0.6) is 5.75 Å². The Kier molecular flexibility index (Phi) is 7.37. The SMILES string of the molecule is CCCOc1ccc(/C=N\NC(=O)C(=O)Nc2ccc(C)c(C)c2)cc1Cl. The standard InChI is InChI=1S/C20H22ClN3O3/c1-4-9-27-18-8-6-15(11-17(18)21)12-22-24-20(26)19(25)23-16-7-5-13(2)14(3)10-16/h5-8,10-12H,4,9H2,1-3H3,(H,23,25)(H,24,26)/b22-12-. The second-order valence-corrected chi connectivity index (χ2v) is 6.40. The van der Waals surface area contributed by atoms with Gasteiger partial charge in [-0.05, 0) is 67.3 Å². The largest absolute Gasteiger partial charge is 0.492 e. The highest BCUT2D eigenvalue weighted by Crippen LogP contribution is 2.25. The number of amides is 2. The van der Waals surface area contributed by atoms with Crippen LogP contribution in [0.4, 0.5) is 5.69 Å². The number of nitrogens with zero attached hydrogens (tertiary/aromatic N) is 1. The second kappa shape index (κ2) is 9.73. The maximum atomic E-state index is 11.9. The molecule has 0 aliphatic carbocycles. The molecule has 0 spiro atoms. The predicted octanol–water partition coefficient (Wildman–Crippen LogP) is 3.83. The number of carbonyl (C=O) groups excluding carboxylic acids is 2. The molecule has 2 amide bonds. The normalized spacial score (nSPS) is 10.7. The Morgan fingerprint density at radius 2 is 1.89 bits per heavy atom. The van der Waals surface area contributed by atoms with Gasteiger partial charge in [0.1, 0.15) is 5.75 Å². The molecule has 0 atom stereocenters. The van der Waals surface area contributed by atoms with Crippen molar-refractivity contribution in [3.05, 3.63) is 58.1 Å². The Hall–Kier alpha value is -2.86. The topological polar surface area (TPSA) is 79.8 Å². The summed E-state index contributed by atoms with van der Waals surface area (Å²) in [5.74, 6) is -1.07. The number of ether oxygens (including phenoxy) is 1. The number of rotatable bonds is 6. The third kappa shape index (κ3) is 6.11. The Balaban J connectivity index is 1.91. The van der Waals surface area contributed by atoms with Crippen molar-refractivity contribution in [1.29, 1.82) is 0 Å². The summed E-state index contributed by atoms with van der Waals surface area (Å²) in [4.78, 5) is 23.8. The van der Waals surface area contributed by atoms with Crippen molar-refractivity contribution in [1.82, 2.24) is 5.43 Å². The summed E-state index contributed by atoms with van der Waals surface area (Å²) in [6.07, 6.45) is 2.28. The Bertz CT molecular complexity index is 866. The number of anilines is 1. The molecule has 0 unspecified atom stereocenters. The quantitative estimate of drug-likeness (QED) is 0.449. The lowest BCUT2D eigenvalue weighted by Gasteiger charge is -2.07. The maximum absolute atomic E-state index is 11.9. The van der Waals surface area contributed by atoms with Gasteiger partial charge in [-0.15, -0.1) is 0 Å². The van der Waals surface area contributed by atoms with Crippen molar-refractivity contribution in [2.75, 3.05) is 11.9 Å². The minimum Gasteiger partial charge on any atom is -0.492 e. The zero-order chi connectivity index (χ0) is 19.8. The van der Waals surface area contributed by atoms with Crippen molar-refractivity contribution in [3.63, 3.8) is 0 Å². The summed E-state index contributed by atoms with van der Waals surface area (Å²) in [5.41, 5.74) is 5.53. The molecular weight excluding hydrogens is 366 g/mol. The van der Waals surface area contributed by atoms with Crippen LogP contribution >= 0.6 is 11.6 Å². The van der Waals surface area contributed by atoms with Gasteiger partial charge in [0.15, 0.2) is 0 Å². The number of carbonyl (C=O) groups is 2. The summed E-state index contributed by atoms with van der Waals surface area (Å²) in [6.45, 7) is 6.49. The minimum absolute atomic E-state index is 0.450. The van der Waals surface area contributed by atoms with Gasteiger partial charge in [-0.2, -0.15) is 5.10 Å². The van der Waals surface area contributed by atoms with Gasteiger partial charge in [0.2, 0.25) is 0 Å². The molecule has 0 aliphatic heterocycles. The van der Waals surface area contributed by atoms with Gasteiger partial charge < -0.3 is 10.1 Å². The Labute approximate surface area is 163 Å². The van der Waals surface area contributed by atoms with Crippen LogP contribution in [0.15, 0.2) is 41.5 Å². The predicted molar refractivity (Wildman–Crippen MR) is 108 cm³/mol. The highest BCUT2D eigenvalue weighted by atomic mass is 35.5. The molecular formula is C20H22ClN3O3. The molecule has 2 aromatic carbocycles. The molecule has 0 heterocycles. The van der Waals surface area contributed by atoms with Crippen molar-refractivity contribution >= 4 is 35.3 Å². The second-order valence-electron chi connectivity index (χ2n) is 5.99. The summed E-state index contributed by atoms with van der Waals surface area (Å²) in [5, 5.41) is 6.77. The molecule has 2 aromatic rings. The van der Waals surface area contributed by atoms with Crippen LogP contribution in [0, 0.1) is 13.8 Å². The van der Waals surface area contributed by atoms with Crippen LogP contribution in [-0.2, 0) is 9.59 Å². The number of nitrogens with one attached hydrogen (secondary N) is 2. The molecule has 0 saturated heterocycles. The average molecular weight is 388 g/mol. The first-order chi connectivity index (χ1) is 12.9. The molecule has 27 heavy (non-hydrogen) atoms. The van der Waals surface area contributed by atoms with E-state index in [0.29, 0.717) is 28.6 Å². The zero-order valence-corrected chi connectivity index (χ0v) is 16.3. The maximum Gasteiger partial charge on any atom is 0.329 e. The van der Waals surface area contributed by atoms with Gasteiger partial charge in [-0.1, -0.05) is 24.6 Å². The number of hydrogen-bond donors (Lipinski definition) is 2. The highest BCUT2D eigenvalue weighted by Gasteiger charge is 2.13. The van der Waals surface area contributed by atoms with Crippen molar-refractivity contribution < 1.29 is 14.3 Å². The third-order valence-corrected chi connectivity index (χ3v) is 4.06. The number of aryl methyl sites for hydroxylation is 2. The molecule has 0 radical (unpaired) electrons. The van der Waals surface area contributed by atoms with Crippen LogP contribution in [0.2, 0.25) is 5.02 Å². The summed E-state index contributed by atoms with van der Waals surface area (Å²) < 4.78 is 5.49. The number of hydrogen-bond acceptors (Lipinski definition) is 4. The van der Waals surface area contributed by atoms with E-state index in [2.05, 4.69) is 15.8 Å². The fraction of sp³-hybridized carbons (Fsp3) is 0.250. The van der Waals surface area contributed by atoms with Crippen LogP contribution in [-0.4, -0.2) is 24.6 Å². The summed E-state index contributed by atoms with van der Waals surface area (Å²) in [6, 6.07) is 10.6. The zero-order valence-electron chi connectivity index (χ0n) is 15.5. The first-order valence-electron chi connectivity index (χ1n) is 8.54. The summed E-state index contributed by atoms with van der Waals surface area (Å²) in [7, 11) is 0. The lowest BCUT2D eigenvalue weighted by molar-refractivity contribution is -0.136. The van der Waals surface area contributed by atoms with Crippen LogP contribution in [0.3, 0.4) is 0 Å². The van der Waals surface area contributed by atoms with E-state index in [1.807, 2.05) is 26.8 Å². The van der Waals surface area contributed by atoms with Gasteiger partial charge in [0, 0.05) is 5.69 Å². The van der Waals surface area contributed by atoms with Crippen molar-refractivity contribution in [3.8, 4) is 5.75 Å². The fourth-order valence-corrected chi connectivity index (χ4v) is 2.39. The van der Waals surface area contributed by atoms with E-state index in [1.54, 1.807) is 30.3 Å². The van der Waals surface area contributed by atoms with E-state index in [0.717, 1.165) is 17.5 Å². The molecule has 0 aromatic heterocycles. The van der Waals surface area contributed by atoms with Gasteiger partial charge in [0.05, 0.1) is 17.8 Å². The lowest BCUT2D eigenvalue weighted by atomic mass is 10.1. The van der Waals surface area contributed by atoms with Gasteiger partial charge in [-0.3, -0.25) is 9.59 Å². The fourth-order valence-electron chi connectivity index (χ4n) is 2.15. The number of benzene rings is 2. The van der Waals surface area contributed by atoms with Gasteiger partial charge in [-0.25, -0.2) is 5.43 Å². The Morgan fingerprint density at radius 1 is 1.11 bits per heavy atom. The molecule has 0 fully saturated rings. The van der Waals surface area contributed by atoms with Crippen LogP contribution in [0.1, 0.15) is 30.0 Å². The molecule has 0 aliphatic rings. The van der Waals surface area contributed by atoms with E-state index >= 15 is 0 Å². The molecule has 0 bridgehead atoms. The molecule has 2 rings (SSSR count). The van der Waals surface area contributed by atoms with E-state index in [4.69, 9.17) is 16.3 Å². The van der Waals surface area contributed by atoms with E-state index in [9.17, 15) is 9.59 Å². The lowest BCUT2D eigenvalue weighted by Crippen LogP contribution is -2.32. The van der Waals surface area contributed by atoms with Crippen LogP contribution in [0.25, 0.3) is 0 Å².